The Morgan fingerprint density at radius 2 is 1.93 bits per heavy atom. The predicted octanol–water partition coefficient (Wildman–Crippen LogP) is 2.72. The summed E-state index contributed by atoms with van der Waals surface area (Å²) < 4.78 is 34.9. The minimum Gasteiger partial charge on any atom is -0.479 e. The van der Waals surface area contributed by atoms with Crippen LogP contribution in [0.3, 0.4) is 0 Å². The fourth-order valence-electron chi connectivity index (χ4n) is 2.78. The average molecular weight is 376 g/mol. The largest absolute Gasteiger partial charge is 0.479 e. The van der Waals surface area contributed by atoms with Crippen LogP contribution in [0, 0.1) is 0 Å². The van der Waals surface area contributed by atoms with Crippen LogP contribution in [-0.2, 0) is 16.1 Å². The van der Waals surface area contributed by atoms with Crippen molar-refractivity contribution in [3.05, 3.63) is 54.1 Å². The van der Waals surface area contributed by atoms with Crippen LogP contribution in [0.5, 0.6) is 11.5 Å². The predicted molar refractivity (Wildman–Crippen MR) is 93.8 cm³/mol. The van der Waals surface area contributed by atoms with Gasteiger partial charge in [0.2, 0.25) is 5.91 Å². The van der Waals surface area contributed by atoms with Crippen molar-refractivity contribution in [2.24, 2.45) is 0 Å². The number of carbonyl (C=O) groups excluding carboxylic acids is 2. The number of halogens is 2. The molecule has 6 nitrogen and oxygen atoms in total. The molecule has 3 rings (SSSR count). The Labute approximate surface area is 154 Å². The van der Waals surface area contributed by atoms with Crippen molar-refractivity contribution in [1.82, 2.24) is 5.32 Å². The SMILES string of the molecule is CC1Oc2ccccc2N(CC(=O)NCc2ccccc2OC(F)F)C1=O. The molecule has 0 bridgehead atoms. The molecule has 1 aliphatic rings. The lowest BCUT2D eigenvalue weighted by Crippen LogP contribution is -2.48. The van der Waals surface area contributed by atoms with Gasteiger partial charge in [0.25, 0.3) is 5.91 Å². The Bertz CT molecular complexity index is 844. The summed E-state index contributed by atoms with van der Waals surface area (Å²) >= 11 is 0. The molecule has 1 atom stereocenters. The Morgan fingerprint density at radius 1 is 1.22 bits per heavy atom. The van der Waals surface area contributed by atoms with Crippen LogP contribution in [0.2, 0.25) is 0 Å². The van der Waals surface area contributed by atoms with E-state index in [1.807, 2.05) is 0 Å². The molecule has 1 heterocycles. The maximum absolute atomic E-state index is 12.5. The molecular weight excluding hydrogens is 358 g/mol. The van der Waals surface area contributed by atoms with E-state index in [2.05, 4.69) is 10.1 Å². The monoisotopic (exact) mass is 376 g/mol. The van der Waals surface area contributed by atoms with Crippen LogP contribution in [0.4, 0.5) is 14.5 Å². The van der Waals surface area contributed by atoms with Crippen molar-refractivity contribution < 1.29 is 27.8 Å². The van der Waals surface area contributed by atoms with E-state index in [4.69, 9.17) is 4.74 Å². The van der Waals surface area contributed by atoms with Gasteiger partial charge in [-0.15, -0.1) is 0 Å². The number of para-hydroxylation sites is 3. The minimum atomic E-state index is -2.95. The normalized spacial score (nSPS) is 15.9. The third-order valence-electron chi connectivity index (χ3n) is 4.04. The van der Waals surface area contributed by atoms with Crippen molar-refractivity contribution in [1.29, 1.82) is 0 Å². The molecule has 8 heteroatoms. The molecule has 27 heavy (non-hydrogen) atoms. The van der Waals surface area contributed by atoms with Gasteiger partial charge in [-0.1, -0.05) is 30.3 Å². The molecule has 2 aromatic carbocycles. The number of alkyl halides is 2. The summed E-state index contributed by atoms with van der Waals surface area (Å²) in [6.07, 6.45) is -0.701. The maximum atomic E-state index is 12.5. The second kappa shape index (κ2) is 8.03. The van der Waals surface area contributed by atoms with E-state index in [9.17, 15) is 18.4 Å². The van der Waals surface area contributed by atoms with E-state index < -0.39 is 18.6 Å². The molecule has 1 unspecified atom stereocenters. The highest BCUT2D eigenvalue weighted by molar-refractivity contribution is 6.03. The molecule has 0 fully saturated rings. The Hall–Kier alpha value is -3.16. The lowest BCUT2D eigenvalue weighted by molar-refractivity contribution is -0.128. The van der Waals surface area contributed by atoms with E-state index in [0.29, 0.717) is 17.0 Å². The first-order chi connectivity index (χ1) is 13.0. The first kappa shape index (κ1) is 18.6. The number of fused-ring (bicyclic) bond motifs is 1. The van der Waals surface area contributed by atoms with Crippen molar-refractivity contribution in [2.75, 3.05) is 11.4 Å². The highest BCUT2D eigenvalue weighted by Gasteiger charge is 2.32. The second-order valence-corrected chi connectivity index (χ2v) is 5.92. The lowest BCUT2D eigenvalue weighted by atomic mass is 10.2. The number of hydrogen-bond donors (Lipinski definition) is 1. The van der Waals surface area contributed by atoms with Crippen LogP contribution in [-0.4, -0.2) is 31.1 Å². The molecule has 0 radical (unpaired) electrons. The Morgan fingerprint density at radius 3 is 2.70 bits per heavy atom. The summed E-state index contributed by atoms with van der Waals surface area (Å²) in [6, 6.07) is 13.1. The van der Waals surface area contributed by atoms with Gasteiger partial charge in [-0.05, 0) is 25.1 Å². The number of ether oxygens (including phenoxy) is 2. The summed E-state index contributed by atoms with van der Waals surface area (Å²) in [5, 5.41) is 2.63. The van der Waals surface area contributed by atoms with Gasteiger partial charge >= 0.3 is 6.61 Å². The zero-order valence-electron chi connectivity index (χ0n) is 14.5. The highest BCUT2D eigenvalue weighted by atomic mass is 19.3. The number of nitrogens with zero attached hydrogens (tertiary/aromatic N) is 1. The number of hydrogen-bond acceptors (Lipinski definition) is 4. The van der Waals surface area contributed by atoms with E-state index >= 15 is 0 Å². The molecule has 1 aliphatic heterocycles. The van der Waals surface area contributed by atoms with E-state index in [0.717, 1.165) is 0 Å². The van der Waals surface area contributed by atoms with Crippen LogP contribution >= 0.6 is 0 Å². The number of amides is 2. The van der Waals surface area contributed by atoms with Crippen LogP contribution in [0.25, 0.3) is 0 Å². The van der Waals surface area contributed by atoms with Gasteiger partial charge in [0.05, 0.1) is 5.69 Å². The summed E-state index contributed by atoms with van der Waals surface area (Å²) in [5.74, 6) is -0.244. The van der Waals surface area contributed by atoms with Gasteiger partial charge in [0.15, 0.2) is 6.10 Å². The quantitative estimate of drug-likeness (QED) is 0.842. The van der Waals surface area contributed by atoms with E-state index in [-0.39, 0.29) is 24.7 Å². The van der Waals surface area contributed by atoms with Crippen molar-refractivity contribution in [2.45, 2.75) is 26.2 Å². The van der Waals surface area contributed by atoms with Crippen molar-refractivity contribution >= 4 is 17.5 Å². The molecule has 2 amide bonds. The summed E-state index contributed by atoms with van der Waals surface area (Å²) in [7, 11) is 0. The van der Waals surface area contributed by atoms with Crippen LogP contribution < -0.4 is 19.7 Å². The zero-order valence-corrected chi connectivity index (χ0v) is 14.5. The summed E-state index contributed by atoms with van der Waals surface area (Å²) in [4.78, 5) is 26.1. The molecular formula is C19H18F2N2O4. The second-order valence-electron chi connectivity index (χ2n) is 5.92. The molecule has 0 saturated carbocycles. The van der Waals surface area contributed by atoms with Gasteiger partial charge in [-0.3, -0.25) is 14.5 Å². The number of nitrogens with one attached hydrogen (secondary N) is 1. The molecule has 2 aromatic rings. The molecule has 0 aliphatic carbocycles. The molecule has 0 aromatic heterocycles. The first-order valence-corrected chi connectivity index (χ1v) is 8.32. The summed E-state index contributed by atoms with van der Waals surface area (Å²) in [6.45, 7) is -1.55. The molecule has 0 spiro atoms. The van der Waals surface area contributed by atoms with Crippen molar-refractivity contribution in [3.8, 4) is 11.5 Å². The number of carbonyl (C=O) groups is 2. The Balaban J connectivity index is 1.67. The topological polar surface area (TPSA) is 67.9 Å². The average Bonchev–Trinajstić information content (AvgIpc) is 2.64. The number of rotatable bonds is 6. The van der Waals surface area contributed by atoms with E-state index in [1.165, 1.54) is 11.0 Å². The number of anilines is 1. The molecule has 0 saturated heterocycles. The van der Waals surface area contributed by atoms with E-state index in [1.54, 1.807) is 49.4 Å². The van der Waals surface area contributed by atoms with Gasteiger partial charge in [0.1, 0.15) is 18.0 Å². The maximum Gasteiger partial charge on any atom is 0.387 e. The smallest absolute Gasteiger partial charge is 0.387 e. The first-order valence-electron chi connectivity index (χ1n) is 8.32. The molecule has 142 valence electrons. The third kappa shape index (κ3) is 4.33. The van der Waals surface area contributed by atoms with Gasteiger partial charge in [0, 0.05) is 12.1 Å². The molecule has 1 N–H and O–H groups in total. The number of benzene rings is 2. The fourth-order valence-corrected chi connectivity index (χ4v) is 2.78. The van der Waals surface area contributed by atoms with Gasteiger partial charge in [-0.25, -0.2) is 0 Å². The zero-order chi connectivity index (χ0) is 19.4. The van der Waals surface area contributed by atoms with Crippen LogP contribution in [0.15, 0.2) is 48.5 Å². The minimum absolute atomic E-state index is 0.00252. The van der Waals surface area contributed by atoms with Gasteiger partial charge < -0.3 is 14.8 Å². The summed E-state index contributed by atoms with van der Waals surface area (Å²) in [5.41, 5.74) is 0.922. The van der Waals surface area contributed by atoms with Crippen LogP contribution in [0.1, 0.15) is 12.5 Å². The lowest BCUT2D eigenvalue weighted by Gasteiger charge is -2.32. The fraction of sp³-hybridized carbons (Fsp3) is 0.263. The standard InChI is InChI=1S/C19H18F2N2O4/c1-12-18(25)23(14-7-3-5-9-16(14)26-12)11-17(24)22-10-13-6-2-4-8-15(13)27-19(20)21/h2-9,12,19H,10-11H2,1H3,(H,22,24). The Kier molecular flexibility index (Phi) is 5.54. The van der Waals surface area contributed by atoms with Gasteiger partial charge in [-0.2, -0.15) is 8.78 Å². The third-order valence-corrected chi connectivity index (χ3v) is 4.04. The van der Waals surface area contributed by atoms with Crippen molar-refractivity contribution in [3.63, 3.8) is 0 Å². The highest BCUT2D eigenvalue weighted by Crippen LogP contribution is 2.33.